The number of oxime groups is 1. The quantitative estimate of drug-likeness (QED) is 0.313. The van der Waals surface area contributed by atoms with Gasteiger partial charge in [-0.2, -0.15) is 0 Å². The Labute approximate surface area is 183 Å². The fourth-order valence-electron chi connectivity index (χ4n) is 9.53. The first kappa shape index (κ1) is 22.6. The monoisotopic (exact) mass is 419 g/mol. The first-order valence-corrected chi connectivity index (χ1v) is 12.8. The summed E-state index contributed by atoms with van der Waals surface area (Å²) in [5.41, 5.74) is 0.611. The van der Waals surface area contributed by atoms with Crippen molar-refractivity contribution >= 4 is 6.21 Å². The molecule has 0 aromatic carbocycles. The van der Waals surface area contributed by atoms with Crippen molar-refractivity contribution in [2.75, 3.05) is 0 Å². The van der Waals surface area contributed by atoms with Crippen molar-refractivity contribution in [3.05, 3.63) is 0 Å². The average molecular weight is 420 g/mol. The lowest BCUT2D eigenvalue weighted by Crippen LogP contribution is -2.62. The average Bonchev–Trinajstić information content (AvgIpc) is 3.07. The number of fused-ring (bicyclic) bond motifs is 5. The normalized spacial score (nSPS) is 51.9. The third-order valence-electron chi connectivity index (χ3n) is 11.0. The lowest BCUT2D eigenvalue weighted by Gasteiger charge is -2.64. The summed E-state index contributed by atoms with van der Waals surface area (Å²) >= 11 is 0. The van der Waals surface area contributed by atoms with E-state index in [1.807, 2.05) is 0 Å². The molecule has 0 heterocycles. The molecule has 0 bridgehead atoms. The van der Waals surface area contributed by atoms with Crippen LogP contribution in [0, 0.1) is 52.3 Å². The molecule has 3 N–H and O–H groups in total. The molecule has 4 nitrogen and oxygen atoms in total. The second-order valence-electron chi connectivity index (χ2n) is 12.0. The van der Waals surface area contributed by atoms with Crippen LogP contribution in [0.3, 0.4) is 0 Å². The number of aliphatic hydroxyl groups is 2. The first-order chi connectivity index (χ1) is 14.3. The van der Waals surface area contributed by atoms with Gasteiger partial charge in [0.25, 0.3) is 0 Å². The van der Waals surface area contributed by atoms with E-state index in [1.54, 1.807) is 6.21 Å². The van der Waals surface area contributed by atoms with Crippen LogP contribution in [0.15, 0.2) is 5.16 Å². The Morgan fingerprint density at radius 2 is 1.70 bits per heavy atom. The maximum absolute atomic E-state index is 11.7. The van der Waals surface area contributed by atoms with Gasteiger partial charge in [0.2, 0.25) is 0 Å². The Bertz CT molecular complexity index is 638. The lowest BCUT2D eigenvalue weighted by atomic mass is 9.41. The van der Waals surface area contributed by atoms with Crippen LogP contribution in [-0.2, 0) is 0 Å². The molecule has 4 rings (SSSR count). The number of aliphatic hydroxyl groups excluding tert-OH is 2. The summed E-state index contributed by atoms with van der Waals surface area (Å²) in [6.45, 7) is 9.69. The molecule has 4 aliphatic carbocycles. The van der Waals surface area contributed by atoms with Crippen LogP contribution in [-0.4, -0.2) is 33.8 Å². The molecule has 4 aliphatic rings. The molecule has 0 spiro atoms. The SMILES string of the molecule is CC[C@@H]1C2C[C@H](O)CCC2(C)[C@H]2CC[C@]3(C)[C@@H]([C@H](C)CC/C=N/O)CC[C@H]3[C@H]2[C@@H]1O. The molecule has 0 radical (unpaired) electrons. The Morgan fingerprint density at radius 3 is 2.40 bits per heavy atom. The summed E-state index contributed by atoms with van der Waals surface area (Å²) in [6.07, 6.45) is 12.3. The van der Waals surface area contributed by atoms with Crippen molar-refractivity contribution < 1.29 is 15.4 Å². The van der Waals surface area contributed by atoms with Crippen molar-refractivity contribution in [3.8, 4) is 0 Å². The van der Waals surface area contributed by atoms with E-state index in [-0.39, 0.29) is 17.6 Å². The van der Waals surface area contributed by atoms with Gasteiger partial charge in [-0.3, -0.25) is 0 Å². The molecule has 4 fully saturated rings. The Morgan fingerprint density at radius 1 is 1.00 bits per heavy atom. The molecule has 0 amide bonds. The smallest absolute Gasteiger partial charge is 0.0605 e. The van der Waals surface area contributed by atoms with Gasteiger partial charge in [-0.25, -0.2) is 0 Å². The first-order valence-electron chi connectivity index (χ1n) is 12.8. The molecule has 4 saturated carbocycles. The fraction of sp³-hybridized carbons (Fsp3) is 0.962. The highest BCUT2D eigenvalue weighted by Crippen LogP contribution is 2.69. The highest BCUT2D eigenvalue weighted by molar-refractivity contribution is 5.55. The number of hydrogen-bond donors (Lipinski definition) is 3. The van der Waals surface area contributed by atoms with E-state index in [2.05, 4.69) is 32.9 Å². The van der Waals surface area contributed by atoms with E-state index in [0.717, 1.165) is 38.5 Å². The molecule has 30 heavy (non-hydrogen) atoms. The van der Waals surface area contributed by atoms with Crippen molar-refractivity contribution in [1.29, 1.82) is 0 Å². The minimum Gasteiger partial charge on any atom is -0.411 e. The highest BCUT2D eigenvalue weighted by atomic mass is 16.4. The molecule has 0 aromatic heterocycles. The largest absolute Gasteiger partial charge is 0.411 e. The van der Waals surface area contributed by atoms with Crippen LogP contribution in [0.5, 0.6) is 0 Å². The van der Waals surface area contributed by atoms with E-state index in [1.165, 1.54) is 25.7 Å². The molecule has 0 aliphatic heterocycles. The maximum atomic E-state index is 11.7. The molecule has 2 unspecified atom stereocenters. The zero-order valence-corrected chi connectivity index (χ0v) is 19.6. The Balaban J connectivity index is 1.61. The standard InChI is InChI=1S/C26H45NO3/c1-5-18-22-15-17(28)10-12-26(22,4)21-11-13-25(3)19(16(2)7-6-14-27-30)8-9-20(25)23(21)24(18)29/h14,16-24,28-30H,5-13,15H2,1-4H3/b27-14+/t16-,17-,18-,19-,20+,21+,22?,23-,24-,25-,26?/m1/s1. The van der Waals surface area contributed by atoms with Crippen molar-refractivity contribution in [2.24, 2.45) is 57.4 Å². The minimum atomic E-state index is -0.205. The van der Waals surface area contributed by atoms with Gasteiger partial charge in [-0.05, 0) is 110 Å². The van der Waals surface area contributed by atoms with E-state index in [0.29, 0.717) is 46.8 Å². The van der Waals surface area contributed by atoms with E-state index >= 15 is 0 Å². The molecular weight excluding hydrogens is 374 g/mol. The predicted molar refractivity (Wildman–Crippen MR) is 120 cm³/mol. The minimum absolute atomic E-state index is 0.172. The van der Waals surface area contributed by atoms with E-state index in [4.69, 9.17) is 5.21 Å². The summed E-state index contributed by atoms with van der Waals surface area (Å²) in [5.74, 6) is 3.82. The van der Waals surface area contributed by atoms with Crippen LogP contribution in [0.1, 0.15) is 91.9 Å². The van der Waals surface area contributed by atoms with Gasteiger partial charge in [0.15, 0.2) is 0 Å². The third-order valence-corrected chi connectivity index (χ3v) is 11.0. The van der Waals surface area contributed by atoms with Crippen LogP contribution >= 0.6 is 0 Å². The van der Waals surface area contributed by atoms with Crippen LogP contribution < -0.4 is 0 Å². The van der Waals surface area contributed by atoms with E-state index < -0.39 is 0 Å². The van der Waals surface area contributed by atoms with Crippen molar-refractivity contribution in [2.45, 2.75) is 104 Å². The summed E-state index contributed by atoms with van der Waals surface area (Å²) in [5, 5.41) is 34.1. The Hall–Kier alpha value is -0.610. The van der Waals surface area contributed by atoms with Crippen LogP contribution in [0.4, 0.5) is 0 Å². The van der Waals surface area contributed by atoms with Gasteiger partial charge in [0.1, 0.15) is 0 Å². The van der Waals surface area contributed by atoms with Gasteiger partial charge < -0.3 is 15.4 Å². The molecule has 0 saturated heterocycles. The summed E-state index contributed by atoms with van der Waals surface area (Å²) < 4.78 is 0. The number of rotatable bonds is 5. The van der Waals surface area contributed by atoms with E-state index in [9.17, 15) is 10.2 Å². The Kier molecular flexibility index (Phi) is 6.31. The lowest BCUT2D eigenvalue weighted by molar-refractivity contribution is -0.203. The number of hydrogen-bond acceptors (Lipinski definition) is 4. The topological polar surface area (TPSA) is 73.1 Å². The molecule has 4 heteroatoms. The molecule has 172 valence electrons. The number of nitrogens with zero attached hydrogens (tertiary/aromatic N) is 1. The molecular formula is C26H45NO3. The third kappa shape index (κ3) is 3.36. The summed E-state index contributed by atoms with van der Waals surface area (Å²) in [6, 6.07) is 0. The second kappa shape index (κ2) is 8.39. The summed E-state index contributed by atoms with van der Waals surface area (Å²) in [4.78, 5) is 0. The van der Waals surface area contributed by atoms with Gasteiger partial charge in [-0.1, -0.05) is 34.1 Å². The molecule has 11 atom stereocenters. The van der Waals surface area contributed by atoms with Gasteiger partial charge >= 0.3 is 0 Å². The van der Waals surface area contributed by atoms with Crippen molar-refractivity contribution in [1.82, 2.24) is 0 Å². The van der Waals surface area contributed by atoms with Gasteiger partial charge in [0, 0.05) is 6.21 Å². The zero-order valence-electron chi connectivity index (χ0n) is 19.6. The summed E-state index contributed by atoms with van der Waals surface area (Å²) in [7, 11) is 0. The van der Waals surface area contributed by atoms with Crippen LogP contribution in [0.2, 0.25) is 0 Å². The van der Waals surface area contributed by atoms with Crippen molar-refractivity contribution in [3.63, 3.8) is 0 Å². The second-order valence-corrected chi connectivity index (χ2v) is 12.0. The van der Waals surface area contributed by atoms with Crippen LogP contribution in [0.25, 0.3) is 0 Å². The highest BCUT2D eigenvalue weighted by Gasteiger charge is 2.64. The maximum Gasteiger partial charge on any atom is 0.0605 e. The predicted octanol–water partition coefficient (Wildman–Crippen LogP) is 5.49. The zero-order chi connectivity index (χ0) is 21.7. The fourth-order valence-corrected chi connectivity index (χ4v) is 9.53. The van der Waals surface area contributed by atoms with Gasteiger partial charge in [0.05, 0.1) is 12.2 Å². The van der Waals surface area contributed by atoms with Gasteiger partial charge in [-0.15, -0.1) is 5.16 Å². The molecule has 0 aromatic rings.